The molecular formula is C11H20O. The zero-order valence-electron chi connectivity index (χ0n) is 8.27. The Kier molecular flexibility index (Phi) is 1.76. The highest BCUT2D eigenvalue weighted by Crippen LogP contribution is 2.57. The second kappa shape index (κ2) is 2.47. The minimum absolute atomic E-state index is 0.241. The lowest BCUT2D eigenvalue weighted by atomic mass is 9.64. The highest BCUT2D eigenvalue weighted by Gasteiger charge is 2.53. The van der Waals surface area contributed by atoms with Crippen LogP contribution in [-0.4, -0.2) is 10.7 Å². The molecule has 0 aromatic heterocycles. The molecule has 70 valence electrons. The Morgan fingerprint density at radius 3 is 2.50 bits per heavy atom. The van der Waals surface area contributed by atoms with Gasteiger partial charge in [-0.1, -0.05) is 19.8 Å². The SMILES string of the molecule is CC1(O)CCC2CCCCC21C. The van der Waals surface area contributed by atoms with Gasteiger partial charge in [-0.3, -0.25) is 0 Å². The van der Waals surface area contributed by atoms with Crippen molar-refractivity contribution in [2.75, 3.05) is 0 Å². The van der Waals surface area contributed by atoms with Gasteiger partial charge in [0.25, 0.3) is 0 Å². The van der Waals surface area contributed by atoms with Crippen LogP contribution in [0.2, 0.25) is 0 Å². The normalized spacial score (nSPS) is 53.8. The number of fused-ring (bicyclic) bond motifs is 1. The highest BCUT2D eigenvalue weighted by atomic mass is 16.3. The van der Waals surface area contributed by atoms with Crippen LogP contribution in [-0.2, 0) is 0 Å². The third-order valence-corrected chi connectivity index (χ3v) is 4.61. The molecule has 3 atom stereocenters. The summed E-state index contributed by atoms with van der Waals surface area (Å²) in [6.45, 7) is 4.34. The molecule has 0 bridgehead atoms. The second-order valence-corrected chi connectivity index (χ2v) is 5.17. The molecule has 0 spiro atoms. The van der Waals surface area contributed by atoms with E-state index in [2.05, 4.69) is 6.92 Å². The zero-order chi connectivity index (χ0) is 8.82. The molecule has 1 heteroatoms. The lowest BCUT2D eigenvalue weighted by Gasteiger charge is -2.44. The Balaban J connectivity index is 2.25. The molecule has 2 saturated carbocycles. The summed E-state index contributed by atoms with van der Waals surface area (Å²) in [6.07, 6.45) is 7.58. The van der Waals surface area contributed by atoms with Gasteiger partial charge in [-0.25, -0.2) is 0 Å². The van der Waals surface area contributed by atoms with Crippen LogP contribution in [0.1, 0.15) is 52.4 Å². The van der Waals surface area contributed by atoms with E-state index in [1.54, 1.807) is 0 Å². The quantitative estimate of drug-likeness (QED) is 0.589. The van der Waals surface area contributed by atoms with Crippen molar-refractivity contribution in [3.8, 4) is 0 Å². The summed E-state index contributed by atoms with van der Waals surface area (Å²) < 4.78 is 0. The van der Waals surface area contributed by atoms with Gasteiger partial charge in [0.1, 0.15) is 0 Å². The van der Waals surface area contributed by atoms with Crippen molar-refractivity contribution in [1.29, 1.82) is 0 Å². The van der Waals surface area contributed by atoms with Gasteiger partial charge < -0.3 is 5.11 Å². The predicted octanol–water partition coefficient (Wildman–Crippen LogP) is 2.73. The smallest absolute Gasteiger partial charge is 0.0675 e. The molecule has 2 aliphatic rings. The summed E-state index contributed by atoms with van der Waals surface area (Å²) in [5.41, 5.74) is -0.136. The van der Waals surface area contributed by atoms with Gasteiger partial charge in [0.05, 0.1) is 5.60 Å². The van der Waals surface area contributed by atoms with Crippen LogP contribution < -0.4 is 0 Å². The first-order valence-electron chi connectivity index (χ1n) is 5.29. The minimum atomic E-state index is -0.377. The van der Waals surface area contributed by atoms with Gasteiger partial charge in [0, 0.05) is 0 Å². The van der Waals surface area contributed by atoms with Crippen LogP contribution in [0.3, 0.4) is 0 Å². The molecular weight excluding hydrogens is 148 g/mol. The molecule has 2 aliphatic carbocycles. The first kappa shape index (κ1) is 8.55. The molecule has 0 radical (unpaired) electrons. The predicted molar refractivity (Wildman–Crippen MR) is 49.9 cm³/mol. The van der Waals surface area contributed by atoms with E-state index in [1.165, 1.54) is 32.1 Å². The fourth-order valence-corrected chi connectivity index (χ4v) is 3.32. The van der Waals surface area contributed by atoms with Gasteiger partial charge in [-0.15, -0.1) is 0 Å². The Morgan fingerprint density at radius 2 is 1.83 bits per heavy atom. The van der Waals surface area contributed by atoms with Crippen molar-refractivity contribution in [1.82, 2.24) is 0 Å². The number of hydrogen-bond donors (Lipinski definition) is 1. The van der Waals surface area contributed by atoms with E-state index in [9.17, 15) is 5.11 Å². The zero-order valence-corrected chi connectivity index (χ0v) is 8.27. The Labute approximate surface area is 75.2 Å². The summed E-state index contributed by atoms with van der Waals surface area (Å²) in [7, 11) is 0. The van der Waals surface area contributed by atoms with E-state index in [0.29, 0.717) is 0 Å². The van der Waals surface area contributed by atoms with Gasteiger partial charge in [-0.05, 0) is 43.9 Å². The molecule has 0 amide bonds. The topological polar surface area (TPSA) is 20.2 Å². The molecule has 3 unspecified atom stereocenters. The van der Waals surface area contributed by atoms with Gasteiger partial charge in [0.2, 0.25) is 0 Å². The van der Waals surface area contributed by atoms with Crippen molar-refractivity contribution < 1.29 is 5.11 Å². The van der Waals surface area contributed by atoms with Crippen LogP contribution in [0.25, 0.3) is 0 Å². The van der Waals surface area contributed by atoms with E-state index in [0.717, 1.165) is 12.3 Å². The molecule has 1 nitrogen and oxygen atoms in total. The Hall–Kier alpha value is -0.0400. The van der Waals surface area contributed by atoms with E-state index >= 15 is 0 Å². The van der Waals surface area contributed by atoms with Crippen LogP contribution in [0.15, 0.2) is 0 Å². The van der Waals surface area contributed by atoms with E-state index in [1.807, 2.05) is 6.92 Å². The minimum Gasteiger partial charge on any atom is -0.390 e. The monoisotopic (exact) mass is 168 g/mol. The van der Waals surface area contributed by atoms with E-state index in [-0.39, 0.29) is 11.0 Å². The Morgan fingerprint density at radius 1 is 1.08 bits per heavy atom. The van der Waals surface area contributed by atoms with Crippen molar-refractivity contribution >= 4 is 0 Å². The molecule has 2 rings (SSSR count). The Bertz CT molecular complexity index is 185. The van der Waals surface area contributed by atoms with Crippen LogP contribution in [0, 0.1) is 11.3 Å². The van der Waals surface area contributed by atoms with Crippen molar-refractivity contribution in [3.05, 3.63) is 0 Å². The molecule has 1 N–H and O–H groups in total. The van der Waals surface area contributed by atoms with Gasteiger partial charge >= 0.3 is 0 Å². The van der Waals surface area contributed by atoms with Gasteiger partial charge in [0.15, 0.2) is 0 Å². The van der Waals surface area contributed by atoms with E-state index < -0.39 is 0 Å². The number of hydrogen-bond acceptors (Lipinski definition) is 1. The summed E-state index contributed by atoms with van der Waals surface area (Å²) in [4.78, 5) is 0. The molecule has 0 saturated heterocycles. The van der Waals surface area contributed by atoms with Gasteiger partial charge in [-0.2, -0.15) is 0 Å². The second-order valence-electron chi connectivity index (χ2n) is 5.17. The van der Waals surface area contributed by atoms with Crippen LogP contribution in [0.5, 0.6) is 0 Å². The molecule has 2 fully saturated rings. The average Bonchev–Trinajstić information content (AvgIpc) is 2.24. The molecule has 0 aromatic carbocycles. The lowest BCUT2D eigenvalue weighted by Crippen LogP contribution is -2.43. The van der Waals surface area contributed by atoms with Crippen molar-refractivity contribution in [2.24, 2.45) is 11.3 Å². The maximum Gasteiger partial charge on any atom is 0.0675 e. The first-order chi connectivity index (χ1) is 5.56. The summed E-state index contributed by atoms with van der Waals surface area (Å²) in [5, 5.41) is 10.2. The summed E-state index contributed by atoms with van der Waals surface area (Å²) >= 11 is 0. The maximum absolute atomic E-state index is 10.2. The maximum atomic E-state index is 10.2. The fourth-order valence-electron chi connectivity index (χ4n) is 3.32. The third-order valence-electron chi connectivity index (χ3n) is 4.61. The standard InChI is InChI=1S/C11H20O/c1-10-7-4-3-5-9(10)6-8-11(10,2)12/h9,12H,3-8H2,1-2H3. The third kappa shape index (κ3) is 0.953. The largest absolute Gasteiger partial charge is 0.390 e. The average molecular weight is 168 g/mol. The molecule has 0 aromatic rings. The van der Waals surface area contributed by atoms with E-state index in [4.69, 9.17) is 0 Å². The van der Waals surface area contributed by atoms with Crippen LogP contribution in [0.4, 0.5) is 0 Å². The lowest BCUT2D eigenvalue weighted by molar-refractivity contribution is -0.0698. The first-order valence-corrected chi connectivity index (χ1v) is 5.29. The fraction of sp³-hybridized carbons (Fsp3) is 1.00. The molecule has 0 heterocycles. The highest BCUT2D eigenvalue weighted by molar-refractivity contribution is 5.04. The number of rotatable bonds is 0. The van der Waals surface area contributed by atoms with Crippen molar-refractivity contribution in [3.63, 3.8) is 0 Å². The molecule has 12 heavy (non-hydrogen) atoms. The molecule has 0 aliphatic heterocycles. The summed E-state index contributed by atoms with van der Waals surface area (Å²) in [6, 6.07) is 0. The van der Waals surface area contributed by atoms with Crippen LogP contribution >= 0.6 is 0 Å². The summed E-state index contributed by atoms with van der Waals surface area (Å²) in [5.74, 6) is 0.807. The number of aliphatic hydroxyl groups is 1. The van der Waals surface area contributed by atoms with Crippen molar-refractivity contribution in [2.45, 2.75) is 58.0 Å².